The molecule has 98 valence electrons. The number of hydrogen-bond acceptors (Lipinski definition) is 2. The molecule has 5 heteroatoms. The average molecular weight is 279 g/mol. The molecule has 0 saturated heterocycles. The summed E-state index contributed by atoms with van der Waals surface area (Å²) in [6.07, 6.45) is 0. The van der Waals surface area contributed by atoms with Gasteiger partial charge in [-0.25, -0.2) is 4.39 Å². The number of rotatable bonds is 4. The summed E-state index contributed by atoms with van der Waals surface area (Å²) in [7, 11) is 0. The number of carbonyl (C=O) groups excluding carboxylic acids is 1. The monoisotopic (exact) mass is 278 g/mol. The zero-order valence-corrected chi connectivity index (χ0v) is 10.7. The molecular weight excluding hydrogens is 267 g/mol. The van der Waals surface area contributed by atoms with E-state index >= 15 is 0 Å². The van der Waals surface area contributed by atoms with Gasteiger partial charge in [0.1, 0.15) is 5.82 Å². The lowest BCUT2D eigenvalue weighted by Gasteiger charge is -2.09. The van der Waals surface area contributed by atoms with E-state index in [1.54, 1.807) is 18.2 Å². The number of halogens is 2. The molecule has 0 atom stereocenters. The van der Waals surface area contributed by atoms with Crippen molar-refractivity contribution < 1.29 is 9.18 Å². The standard InChI is InChI=1S/C14H12ClFN2O/c15-11-7-4-8-12(16)14(11)17-9-13(19)18-10-5-2-1-3-6-10/h1-8,17H,9H2,(H,18,19). The molecule has 1 amide bonds. The Morgan fingerprint density at radius 1 is 1.11 bits per heavy atom. The van der Waals surface area contributed by atoms with Gasteiger partial charge in [0.15, 0.2) is 0 Å². The molecule has 2 N–H and O–H groups in total. The van der Waals surface area contributed by atoms with Crippen LogP contribution in [-0.4, -0.2) is 12.5 Å². The lowest BCUT2D eigenvalue weighted by molar-refractivity contribution is -0.114. The molecule has 0 bridgehead atoms. The van der Waals surface area contributed by atoms with Crippen LogP contribution < -0.4 is 10.6 Å². The van der Waals surface area contributed by atoms with Crippen molar-refractivity contribution >= 4 is 28.9 Å². The smallest absolute Gasteiger partial charge is 0.243 e. The van der Waals surface area contributed by atoms with Gasteiger partial charge in [0.25, 0.3) is 0 Å². The summed E-state index contributed by atoms with van der Waals surface area (Å²) in [5, 5.41) is 5.61. The number of carbonyl (C=O) groups is 1. The van der Waals surface area contributed by atoms with Crippen molar-refractivity contribution in [1.82, 2.24) is 0 Å². The molecule has 0 aliphatic rings. The molecular formula is C14H12ClFN2O. The van der Waals surface area contributed by atoms with Crippen molar-refractivity contribution in [2.75, 3.05) is 17.2 Å². The van der Waals surface area contributed by atoms with Crippen molar-refractivity contribution in [2.24, 2.45) is 0 Å². The van der Waals surface area contributed by atoms with Gasteiger partial charge in [-0.05, 0) is 24.3 Å². The van der Waals surface area contributed by atoms with Crippen molar-refractivity contribution in [3.8, 4) is 0 Å². The molecule has 0 fully saturated rings. The summed E-state index contributed by atoms with van der Waals surface area (Å²) in [6, 6.07) is 13.4. The van der Waals surface area contributed by atoms with Crippen molar-refractivity contribution in [2.45, 2.75) is 0 Å². The molecule has 0 aliphatic carbocycles. The van der Waals surface area contributed by atoms with E-state index in [4.69, 9.17) is 11.6 Å². The fourth-order valence-electron chi connectivity index (χ4n) is 1.56. The maximum atomic E-state index is 13.4. The molecule has 0 radical (unpaired) electrons. The highest BCUT2D eigenvalue weighted by Crippen LogP contribution is 2.24. The van der Waals surface area contributed by atoms with Gasteiger partial charge in [-0.1, -0.05) is 35.9 Å². The van der Waals surface area contributed by atoms with Crippen LogP contribution in [0, 0.1) is 5.82 Å². The number of para-hydroxylation sites is 2. The summed E-state index contributed by atoms with van der Waals surface area (Å²) in [6.45, 7) is -0.0600. The van der Waals surface area contributed by atoms with Crippen LogP contribution >= 0.6 is 11.6 Å². The number of amides is 1. The number of nitrogens with one attached hydrogen (secondary N) is 2. The Hall–Kier alpha value is -2.07. The van der Waals surface area contributed by atoms with Crippen LogP contribution in [0.5, 0.6) is 0 Å². The van der Waals surface area contributed by atoms with Crippen LogP contribution in [0.4, 0.5) is 15.8 Å². The summed E-state index contributed by atoms with van der Waals surface area (Å²) in [4.78, 5) is 11.7. The van der Waals surface area contributed by atoms with Crippen LogP contribution in [0.15, 0.2) is 48.5 Å². The average Bonchev–Trinajstić information content (AvgIpc) is 2.39. The van der Waals surface area contributed by atoms with E-state index in [2.05, 4.69) is 10.6 Å². The fourth-order valence-corrected chi connectivity index (χ4v) is 1.79. The Morgan fingerprint density at radius 3 is 2.53 bits per heavy atom. The molecule has 0 aromatic heterocycles. The van der Waals surface area contributed by atoms with Crippen LogP contribution in [0.25, 0.3) is 0 Å². The van der Waals surface area contributed by atoms with E-state index in [1.165, 1.54) is 12.1 Å². The molecule has 2 rings (SSSR count). The Balaban J connectivity index is 1.94. The maximum Gasteiger partial charge on any atom is 0.243 e. The van der Waals surface area contributed by atoms with E-state index in [-0.39, 0.29) is 23.2 Å². The first-order valence-corrected chi connectivity index (χ1v) is 6.07. The first-order chi connectivity index (χ1) is 9.16. The molecule has 0 saturated carbocycles. The van der Waals surface area contributed by atoms with E-state index in [1.807, 2.05) is 18.2 Å². The second-order valence-electron chi connectivity index (χ2n) is 3.86. The number of benzene rings is 2. The van der Waals surface area contributed by atoms with Gasteiger partial charge in [-0.2, -0.15) is 0 Å². The van der Waals surface area contributed by atoms with Gasteiger partial charge in [0.2, 0.25) is 5.91 Å². The van der Waals surface area contributed by atoms with Gasteiger partial charge < -0.3 is 10.6 Å². The van der Waals surface area contributed by atoms with Crippen LogP contribution in [-0.2, 0) is 4.79 Å². The third kappa shape index (κ3) is 3.69. The maximum absolute atomic E-state index is 13.4. The first kappa shape index (κ1) is 13.4. The highest BCUT2D eigenvalue weighted by molar-refractivity contribution is 6.33. The van der Waals surface area contributed by atoms with Crippen molar-refractivity contribution in [3.05, 3.63) is 59.4 Å². The Labute approximate surface area is 115 Å². The van der Waals surface area contributed by atoms with Crippen molar-refractivity contribution in [1.29, 1.82) is 0 Å². The third-order valence-electron chi connectivity index (χ3n) is 2.45. The Morgan fingerprint density at radius 2 is 1.84 bits per heavy atom. The summed E-state index contributed by atoms with van der Waals surface area (Å²) < 4.78 is 13.4. The highest BCUT2D eigenvalue weighted by Gasteiger charge is 2.08. The SMILES string of the molecule is O=C(CNc1c(F)cccc1Cl)Nc1ccccc1. The van der Waals surface area contributed by atoms with E-state index < -0.39 is 5.82 Å². The van der Waals surface area contributed by atoms with Crippen LogP contribution in [0.1, 0.15) is 0 Å². The number of hydrogen-bond donors (Lipinski definition) is 2. The quantitative estimate of drug-likeness (QED) is 0.898. The van der Waals surface area contributed by atoms with E-state index in [9.17, 15) is 9.18 Å². The minimum atomic E-state index is -0.486. The third-order valence-corrected chi connectivity index (χ3v) is 2.76. The summed E-state index contributed by atoms with van der Waals surface area (Å²) >= 11 is 5.84. The van der Waals surface area contributed by atoms with Crippen LogP contribution in [0.3, 0.4) is 0 Å². The van der Waals surface area contributed by atoms with Gasteiger partial charge in [0.05, 0.1) is 17.3 Å². The van der Waals surface area contributed by atoms with Gasteiger partial charge in [-0.3, -0.25) is 4.79 Å². The molecule has 19 heavy (non-hydrogen) atoms. The fraction of sp³-hybridized carbons (Fsp3) is 0.0714. The zero-order chi connectivity index (χ0) is 13.7. The molecule has 0 spiro atoms. The first-order valence-electron chi connectivity index (χ1n) is 5.69. The second kappa shape index (κ2) is 6.20. The topological polar surface area (TPSA) is 41.1 Å². The van der Waals surface area contributed by atoms with Crippen LogP contribution in [0.2, 0.25) is 5.02 Å². The largest absolute Gasteiger partial charge is 0.373 e. The minimum absolute atomic E-state index is 0.0600. The summed E-state index contributed by atoms with van der Waals surface area (Å²) in [5.41, 5.74) is 0.821. The molecule has 0 aliphatic heterocycles. The number of anilines is 2. The molecule has 0 heterocycles. The van der Waals surface area contributed by atoms with Gasteiger partial charge in [-0.15, -0.1) is 0 Å². The van der Waals surface area contributed by atoms with E-state index in [0.29, 0.717) is 5.69 Å². The van der Waals surface area contributed by atoms with E-state index in [0.717, 1.165) is 0 Å². The second-order valence-corrected chi connectivity index (χ2v) is 4.27. The van der Waals surface area contributed by atoms with Gasteiger partial charge >= 0.3 is 0 Å². The van der Waals surface area contributed by atoms with Gasteiger partial charge in [0, 0.05) is 5.69 Å². The van der Waals surface area contributed by atoms with Crippen molar-refractivity contribution in [3.63, 3.8) is 0 Å². The molecule has 2 aromatic rings. The lowest BCUT2D eigenvalue weighted by atomic mass is 10.3. The molecule has 0 unspecified atom stereocenters. The summed E-state index contributed by atoms with van der Waals surface area (Å²) in [5.74, 6) is -0.759. The lowest BCUT2D eigenvalue weighted by Crippen LogP contribution is -2.22. The predicted octanol–water partition coefficient (Wildman–Crippen LogP) is 3.53. The Bertz CT molecular complexity index is 555. The molecule has 3 nitrogen and oxygen atoms in total. The Kier molecular flexibility index (Phi) is 4.36. The zero-order valence-electron chi connectivity index (χ0n) is 9.99. The predicted molar refractivity (Wildman–Crippen MR) is 75.0 cm³/mol. The minimum Gasteiger partial charge on any atom is -0.373 e. The normalized spacial score (nSPS) is 10.0. The molecule has 2 aromatic carbocycles. The highest BCUT2D eigenvalue weighted by atomic mass is 35.5.